The number of hydrazine groups is 1. The van der Waals surface area contributed by atoms with Gasteiger partial charge in [-0.15, -0.1) is 0 Å². The maximum Gasteiger partial charge on any atom is 0.256 e. The predicted octanol–water partition coefficient (Wildman–Crippen LogP) is 1.42. The minimum absolute atomic E-state index is 0.110. The number of rotatable bonds is 9. The molecule has 146 valence electrons. The first-order valence-electron chi connectivity index (χ1n) is 8.02. The Balaban J connectivity index is 2.84. The van der Waals surface area contributed by atoms with Crippen LogP contribution in [0.2, 0.25) is 0 Å². The Morgan fingerprint density at radius 3 is 2.42 bits per heavy atom. The average molecular weight is 406 g/mol. The van der Waals surface area contributed by atoms with Gasteiger partial charge in [-0.05, 0) is 36.5 Å². The fraction of sp³-hybridized carbons (Fsp3) is 0.500. The summed E-state index contributed by atoms with van der Waals surface area (Å²) < 4.78 is 40.8. The molecule has 0 saturated carbocycles. The van der Waals surface area contributed by atoms with Gasteiger partial charge in [0, 0.05) is 6.42 Å². The van der Waals surface area contributed by atoms with Crippen molar-refractivity contribution in [1.82, 2.24) is 15.6 Å². The first-order chi connectivity index (χ1) is 12.2. The lowest BCUT2D eigenvalue weighted by Gasteiger charge is -2.19. The van der Waals surface area contributed by atoms with E-state index in [4.69, 9.17) is 0 Å². The Hall–Kier alpha value is -1.65. The van der Waals surface area contributed by atoms with E-state index in [0.29, 0.717) is 5.75 Å². The van der Waals surface area contributed by atoms with E-state index in [1.807, 2.05) is 20.1 Å². The number of benzene rings is 1. The minimum atomic E-state index is -4.23. The molecule has 1 aromatic rings. The molecule has 3 N–H and O–H groups in total. The molecule has 1 aromatic carbocycles. The lowest BCUT2D eigenvalue weighted by Crippen LogP contribution is -2.52. The summed E-state index contributed by atoms with van der Waals surface area (Å²) in [7, 11) is -4.23. The van der Waals surface area contributed by atoms with E-state index < -0.39 is 32.7 Å². The van der Waals surface area contributed by atoms with Gasteiger partial charge in [0.2, 0.25) is 15.9 Å². The van der Waals surface area contributed by atoms with Crippen molar-refractivity contribution in [2.75, 3.05) is 12.0 Å². The number of carbonyl (C=O) groups excluding carboxylic acids is 2. The molecule has 0 fully saturated rings. The molecule has 0 aliphatic rings. The third kappa shape index (κ3) is 7.30. The molecule has 0 aliphatic carbocycles. The topological polar surface area (TPSA) is 104 Å². The largest absolute Gasteiger partial charge is 0.273 e. The fourth-order valence-corrected chi connectivity index (χ4v) is 3.81. The van der Waals surface area contributed by atoms with E-state index in [-0.39, 0.29) is 24.7 Å². The van der Waals surface area contributed by atoms with Crippen LogP contribution in [-0.2, 0) is 19.6 Å². The average Bonchev–Trinajstić information content (AvgIpc) is 2.56. The second-order valence-electron chi connectivity index (χ2n) is 6.02. The molecule has 0 spiro atoms. The molecule has 0 saturated heterocycles. The maximum absolute atomic E-state index is 13.8. The van der Waals surface area contributed by atoms with Crippen molar-refractivity contribution in [3.05, 3.63) is 30.1 Å². The van der Waals surface area contributed by atoms with Gasteiger partial charge >= 0.3 is 0 Å². The zero-order chi connectivity index (χ0) is 19.7. The summed E-state index contributed by atoms with van der Waals surface area (Å²) in [5.74, 6) is -1.39. The molecular weight excluding hydrogens is 381 g/mol. The Labute approximate surface area is 157 Å². The van der Waals surface area contributed by atoms with Crippen LogP contribution >= 0.6 is 11.8 Å². The van der Waals surface area contributed by atoms with Gasteiger partial charge in [0.25, 0.3) is 5.91 Å². The van der Waals surface area contributed by atoms with Crippen LogP contribution < -0.4 is 15.6 Å². The molecule has 1 unspecified atom stereocenters. The first kappa shape index (κ1) is 22.4. The molecule has 0 aromatic heterocycles. The van der Waals surface area contributed by atoms with Crippen molar-refractivity contribution in [3.63, 3.8) is 0 Å². The molecule has 2 amide bonds. The van der Waals surface area contributed by atoms with Crippen LogP contribution in [0, 0.1) is 11.7 Å². The molecule has 10 heteroatoms. The van der Waals surface area contributed by atoms with Crippen molar-refractivity contribution in [3.8, 4) is 0 Å². The van der Waals surface area contributed by atoms with E-state index in [0.717, 1.165) is 12.1 Å². The Morgan fingerprint density at radius 2 is 1.85 bits per heavy atom. The summed E-state index contributed by atoms with van der Waals surface area (Å²) in [6.45, 7) is 3.70. The van der Waals surface area contributed by atoms with Crippen molar-refractivity contribution >= 4 is 33.6 Å². The van der Waals surface area contributed by atoms with E-state index >= 15 is 0 Å². The number of hydrogen-bond acceptors (Lipinski definition) is 5. The molecule has 0 bridgehead atoms. The van der Waals surface area contributed by atoms with Crippen LogP contribution in [0.3, 0.4) is 0 Å². The lowest BCUT2D eigenvalue weighted by atomic mass is 10.1. The summed E-state index contributed by atoms with van der Waals surface area (Å²) in [6.07, 6.45) is 2.21. The van der Waals surface area contributed by atoms with Gasteiger partial charge in [-0.1, -0.05) is 26.0 Å². The van der Waals surface area contributed by atoms with Crippen molar-refractivity contribution < 1.29 is 22.4 Å². The fourth-order valence-electron chi connectivity index (χ4n) is 2.03. The third-order valence-corrected chi connectivity index (χ3v) is 5.42. The normalized spacial score (nSPS) is 12.7. The zero-order valence-corrected chi connectivity index (χ0v) is 16.5. The van der Waals surface area contributed by atoms with Crippen LogP contribution in [0.15, 0.2) is 29.2 Å². The zero-order valence-electron chi connectivity index (χ0n) is 14.9. The second kappa shape index (κ2) is 10.5. The van der Waals surface area contributed by atoms with Crippen molar-refractivity contribution in [2.24, 2.45) is 5.92 Å². The number of nitrogens with one attached hydrogen (secondary N) is 3. The molecule has 1 rings (SSSR count). The quantitative estimate of drug-likeness (QED) is 0.539. The number of halogens is 1. The highest BCUT2D eigenvalue weighted by Crippen LogP contribution is 2.14. The molecule has 7 nitrogen and oxygen atoms in total. The molecular formula is C16H24FN3O4S2. The summed E-state index contributed by atoms with van der Waals surface area (Å²) in [5, 5.41) is 0. The van der Waals surface area contributed by atoms with Crippen LogP contribution in [0.5, 0.6) is 0 Å². The van der Waals surface area contributed by atoms with Crippen LogP contribution in [0.1, 0.15) is 26.7 Å². The highest BCUT2D eigenvalue weighted by atomic mass is 32.2. The predicted molar refractivity (Wildman–Crippen MR) is 99.2 cm³/mol. The van der Waals surface area contributed by atoms with Crippen LogP contribution in [-0.4, -0.2) is 38.3 Å². The summed E-state index contributed by atoms with van der Waals surface area (Å²) in [5.41, 5.74) is 4.47. The van der Waals surface area contributed by atoms with Gasteiger partial charge in [0.15, 0.2) is 0 Å². The smallest absolute Gasteiger partial charge is 0.256 e. The van der Waals surface area contributed by atoms with E-state index in [9.17, 15) is 22.4 Å². The van der Waals surface area contributed by atoms with Crippen molar-refractivity contribution in [2.45, 2.75) is 37.6 Å². The second-order valence-corrected chi connectivity index (χ2v) is 8.69. The number of amides is 2. The molecule has 0 heterocycles. The highest BCUT2D eigenvalue weighted by molar-refractivity contribution is 7.98. The maximum atomic E-state index is 13.8. The van der Waals surface area contributed by atoms with Crippen molar-refractivity contribution in [1.29, 1.82) is 0 Å². The molecule has 0 radical (unpaired) electrons. The van der Waals surface area contributed by atoms with E-state index in [1.54, 1.807) is 0 Å². The molecule has 1 atom stereocenters. The third-order valence-electron chi connectivity index (χ3n) is 3.27. The lowest BCUT2D eigenvalue weighted by molar-refractivity contribution is -0.130. The van der Waals surface area contributed by atoms with Crippen LogP contribution in [0.25, 0.3) is 0 Å². The molecule has 26 heavy (non-hydrogen) atoms. The Kier molecular flexibility index (Phi) is 9.03. The SMILES string of the molecule is CSCCC(NS(=O)(=O)c1ccccc1F)C(=O)NNC(=O)CC(C)C. The number of thioether (sulfide) groups is 1. The Morgan fingerprint density at radius 1 is 1.19 bits per heavy atom. The number of carbonyl (C=O) groups is 2. The highest BCUT2D eigenvalue weighted by Gasteiger charge is 2.27. The van der Waals surface area contributed by atoms with Gasteiger partial charge in [-0.2, -0.15) is 16.5 Å². The standard InChI is InChI=1S/C16H24FN3O4S2/c1-11(2)10-15(21)18-19-16(22)13(8-9-25-3)20-26(23,24)14-7-5-4-6-12(14)17/h4-7,11,13,20H,8-10H2,1-3H3,(H,18,21)(H,19,22). The molecule has 0 aliphatic heterocycles. The van der Waals surface area contributed by atoms with Gasteiger partial charge in [0.05, 0.1) is 0 Å². The summed E-state index contributed by atoms with van der Waals surface area (Å²) in [6, 6.07) is 3.76. The Bertz CT molecular complexity index is 726. The van der Waals surface area contributed by atoms with Gasteiger partial charge < -0.3 is 0 Å². The minimum Gasteiger partial charge on any atom is -0.273 e. The number of sulfonamides is 1. The van der Waals surface area contributed by atoms with Gasteiger partial charge in [0.1, 0.15) is 16.8 Å². The van der Waals surface area contributed by atoms with Crippen LogP contribution in [0.4, 0.5) is 4.39 Å². The van der Waals surface area contributed by atoms with E-state index in [2.05, 4.69) is 15.6 Å². The summed E-state index contributed by atoms with van der Waals surface area (Å²) in [4.78, 5) is 23.4. The monoisotopic (exact) mass is 405 g/mol. The van der Waals surface area contributed by atoms with Gasteiger partial charge in [-0.3, -0.25) is 20.4 Å². The van der Waals surface area contributed by atoms with Gasteiger partial charge in [-0.25, -0.2) is 12.8 Å². The summed E-state index contributed by atoms with van der Waals surface area (Å²) >= 11 is 1.43. The number of hydrogen-bond donors (Lipinski definition) is 3. The van der Waals surface area contributed by atoms with E-state index in [1.165, 1.54) is 23.9 Å². The first-order valence-corrected chi connectivity index (χ1v) is 10.9.